The van der Waals surface area contributed by atoms with Gasteiger partial charge in [-0.3, -0.25) is 0 Å². The molecule has 106 valence electrons. The second-order valence-electron chi connectivity index (χ2n) is 5.74. The van der Waals surface area contributed by atoms with Crippen molar-refractivity contribution in [2.45, 2.75) is 64.2 Å². The van der Waals surface area contributed by atoms with Crippen molar-refractivity contribution in [2.75, 3.05) is 0 Å². The van der Waals surface area contributed by atoms with Crippen molar-refractivity contribution in [2.24, 2.45) is 0 Å². The Kier molecular flexibility index (Phi) is 8.39. The average Bonchev–Trinajstić information content (AvgIpc) is 2.26. The summed E-state index contributed by atoms with van der Waals surface area (Å²) in [6.07, 6.45) is 0. The van der Waals surface area contributed by atoms with E-state index in [0.717, 1.165) is 11.1 Å². The van der Waals surface area contributed by atoms with E-state index in [-0.39, 0.29) is 52.4 Å². The number of benzene rings is 1. The van der Waals surface area contributed by atoms with Crippen LogP contribution in [-0.2, 0) is 11.1 Å². The second kappa shape index (κ2) is 8.14. The molecular weight excluding hydrogens is 284 g/mol. The van der Waals surface area contributed by atoms with Crippen LogP contribution >= 0.6 is 0 Å². The summed E-state index contributed by atoms with van der Waals surface area (Å²) in [7, 11) is 0. The summed E-state index contributed by atoms with van der Waals surface area (Å²) in [5.74, 6) is 0.945. The Hall–Kier alpha value is 0.590. The summed E-state index contributed by atoms with van der Waals surface area (Å²) in [4.78, 5) is 0.615. The van der Waals surface area contributed by atoms with E-state index in [0.29, 0.717) is 10.8 Å². The van der Waals surface area contributed by atoms with Gasteiger partial charge in [-0.2, -0.15) is 0 Å². The quantitative estimate of drug-likeness (QED) is 0.657. The zero-order chi connectivity index (χ0) is 14.0. The Morgan fingerprint density at radius 3 is 1.53 bits per heavy atom. The molecule has 1 atom stereocenters. The summed E-state index contributed by atoms with van der Waals surface area (Å²) in [6.45, 7) is 12.6. The van der Waals surface area contributed by atoms with Crippen molar-refractivity contribution in [1.82, 2.24) is 0 Å². The van der Waals surface area contributed by atoms with Gasteiger partial charge in [0.1, 0.15) is 0 Å². The fourth-order valence-electron chi connectivity index (χ4n) is 2.09. The van der Waals surface area contributed by atoms with Crippen LogP contribution in [0.15, 0.2) is 17.0 Å². The van der Waals surface area contributed by atoms with Crippen LogP contribution in [0.3, 0.4) is 0 Å². The summed E-state index contributed by atoms with van der Waals surface area (Å²) >= 11 is -1.91. The van der Waals surface area contributed by atoms with E-state index in [2.05, 4.69) is 53.7 Å². The molecule has 0 amide bonds. The topological polar surface area (TPSA) is 37.3 Å². The molecule has 2 nitrogen and oxygen atoms in total. The SMILES string of the molecule is CC(C)c1cc(C(C)C)c(S(=O)O)c(C(C)C)c1.[Ca+2].[H-].[H-]. The van der Waals surface area contributed by atoms with Gasteiger partial charge in [0, 0.05) is 0 Å². The Labute approximate surface area is 152 Å². The van der Waals surface area contributed by atoms with Gasteiger partial charge in [-0.15, -0.1) is 0 Å². The molecule has 0 aliphatic carbocycles. The third-order valence-electron chi connectivity index (χ3n) is 3.25. The summed E-state index contributed by atoms with van der Waals surface area (Å²) in [5, 5.41) is 0. The van der Waals surface area contributed by atoms with Gasteiger partial charge in [0.25, 0.3) is 0 Å². The third-order valence-corrected chi connectivity index (χ3v) is 4.07. The molecule has 0 saturated carbocycles. The van der Waals surface area contributed by atoms with Crippen molar-refractivity contribution in [3.63, 3.8) is 0 Å². The minimum Gasteiger partial charge on any atom is -1.00 e. The molecule has 0 aliphatic heterocycles. The zero-order valence-corrected chi connectivity index (χ0v) is 15.9. The molecule has 1 aromatic rings. The van der Waals surface area contributed by atoms with Gasteiger partial charge in [0.2, 0.25) is 0 Å². The standard InChI is InChI=1S/C15H24O2S.Ca.2H/c1-9(2)12-7-13(10(3)4)15(18(16)17)14(8-12)11(5)6;;;/h7-11H,1-6H3,(H,16,17);;;/q;+2;2*-1. The Bertz CT molecular complexity index is 434. The number of rotatable bonds is 4. The molecule has 0 heterocycles. The molecule has 1 aromatic carbocycles. The smallest absolute Gasteiger partial charge is 1.00 e. The zero-order valence-electron chi connectivity index (χ0n) is 14.9. The van der Waals surface area contributed by atoms with E-state index in [1.807, 2.05) is 0 Å². The van der Waals surface area contributed by atoms with E-state index in [1.54, 1.807) is 0 Å². The maximum Gasteiger partial charge on any atom is 2.00 e. The van der Waals surface area contributed by atoms with Crippen LogP contribution in [-0.4, -0.2) is 46.5 Å². The predicted octanol–water partition coefficient (Wildman–Crippen LogP) is 4.48. The number of hydrogen-bond acceptors (Lipinski definition) is 1. The summed E-state index contributed by atoms with van der Waals surface area (Å²) in [5.41, 5.74) is 3.26. The van der Waals surface area contributed by atoms with E-state index in [4.69, 9.17) is 0 Å². The molecule has 0 aliphatic rings. The third kappa shape index (κ3) is 4.82. The van der Waals surface area contributed by atoms with Crippen molar-refractivity contribution in [1.29, 1.82) is 0 Å². The normalized spacial score (nSPS) is 12.9. The van der Waals surface area contributed by atoms with Gasteiger partial charge >= 0.3 is 37.7 Å². The van der Waals surface area contributed by atoms with Crippen LogP contribution in [0.25, 0.3) is 0 Å². The first-order chi connectivity index (χ1) is 8.25. The van der Waals surface area contributed by atoms with E-state index >= 15 is 0 Å². The summed E-state index contributed by atoms with van der Waals surface area (Å²) < 4.78 is 21.2. The molecule has 19 heavy (non-hydrogen) atoms. The molecule has 4 heteroatoms. The van der Waals surface area contributed by atoms with Crippen LogP contribution < -0.4 is 0 Å². The van der Waals surface area contributed by atoms with Crippen LogP contribution in [0.5, 0.6) is 0 Å². The fraction of sp³-hybridized carbons (Fsp3) is 0.600. The molecule has 1 rings (SSSR count). The first-order valence-electron chi connectivity index (χ1n) is 6.54. The molecule has 0 saturated heterocycles. The van der Waals surface area contributed by atoms with E-state index in [9.17, 15) is 8.76 Å². The second-order valence-corrected chi connectivity index (χ2v) is 6.65. The molecule has 1 unspecified atom stereocenters. The van der Waals surface area contributed by atoms with Crippen LogP contribution in [0.2, 0.25) is 0 Å². The predicted molar refractivity (Wildman–Crippen MR) is 85.7 cm³/mol. The van der Waals surface area contributed by atoms with E-state index in [1.165, 1.54) is 5.56 Å². The fourth-order valence-corrected chi connectivity index (χ4v) is 3.08. The van der Waals surface area contributed by atoms with Crippen molar-refractivity contribution in [3.8, 4) is 0 Å². The molecule has 0 spiro atoms. The molecular formula is C15H26CaO2S. The van der Waals surface area contributed by atoms with Gasteiger partial charge in [-0.1, -0.05) is 53.7 Å². The molecule has 0 bridgehead atoms. The maximum atomic E-state index is 11.6. The Balaban J connectivity index is -0.00000108. The van der Waals surface area contributed by atoms with Crippen LogP contribution in [0, 0.1) is 0 Å². The largest absolute Gasteiger partial charge is 2.00 e. The van der Waals surface area contributed by atoms with Crippen molar-refractivity contribution in [3.05, 3.63) is 28.8 Å². The van der Waals surface area contributed by atoms with Gasteiger partial charge in [0.15, 0.2) is 11.1 Å². The molecule has 0 aromatic heterocycles. The Morgan fingerprint density at radius 2 is 1.32 bits per heavy atom. The van der Waals surface area contributed by atoms with Crippen molar-refractivity contribution >= 4 is 48.8 Å². The van der Waals surface area contributed by atoms with Crippen molar-refractivity contribution < 1.29 is 11.6 Å². The van der Waals surface area contributed by atoms with Gasteiger partial charge in [-0.25, -0.2) is 4.21 Å². The van der Waals surface area contributed by atoms with Gasteiger partial charge in [0.05, 0.1) is 4.90 Å². The van der Waals surface area contributed by atoms with Crippen LogP contribution in [0.4, 0.5) is 0 Å². The average molecular weight is 311 g/mol. The van der Waals surface area contributed by atoms with E-state index < -0.39 is 11.1 Å². The number of hydrogen-bond donors (Lipinski definition) is 1. The van der Waals surface area contributed by atoms with Gasteiger partial charge in [-0.05, 0) is 34.4 Å². The monoisotopic (exact) mass is 310 g/mol. The van der Waals surface area contributed by atoms with Gasteiger partial charge < -0.3 is 7.41 Å². The molecule has 0 radical (unpaired) electrons. The minimum absolute atomic E-state index is 0. The summed E-state index contributed by atoms with van der Waals surface area (Å²) in [6, 6.07) is 4.18. The maximum absolute atomic E-state index is 11.6. The first-order valence-corrected chi connectivity index (χ1v) is 7.64. The molecule has 1 N–H and O–H groups in total. The molecule has 0 fully saturated rings. The first kappa shape index (κ1) is 19.6. The minimum atomic E-state index is -1.91. The Morgan fingerprint density at radius 1 is 0.947 bits per heavy atom. The van der Waals surface area contributed by atoms with Crippen LogP contribution in [0.1, 0.15) is 78.8 Å².